The highest BCUT2D eigenvalue weighted by atomic mass is 32.2. The standard InChI is InChI=1S/C43H55N3O7S/c1-7-8-26-44-35-21-19-31(2)29-33(35)42(4,5)37(44)16-11-9-12-17-38-43(6,25-14-10-13-18-41(49)53-46-39(47)23-24-40(46)48)34-30-32(3)20-22-36(34)45(38)27-15-28-54(50,51)52/h9,11-12,16-17,19-22,29-30H,7-8,10,13-15,18,23-28H2,1-6H3/p+1. The van der Waals surface area contributed by atoms with Crippen molar-refractivity contribution in [1.29, 1.82) is 0 Å². The van der Waals surface area contributed by atoms with Crippen LogP contribution in [0.25, 0.3) is 0 Å². The Bertz CT molecular complexity index is 1990. The Kier molecular flexibility index (Phi) is 12.8. The number of hydroxylamine groups is 2. The van der Waals surface area contributed by atoms with Crippen LogP contribution in [-0.2, 0) is 40.2 Å². The quantitative estimate of drug-likeness (QED) is 0.0565. The number of allylic oxidation sites excluding steroid dienone is 6. The molecule has 0 bridgehead atoms. The van der Waals surface area contributed by atoms with Crippen molar-refractivity contribution in [3.63, 3.8) is 0 Å². The summed E-state index contributed by atoms with van der Waals surface area (Å²) in [5, 5.41) is 0.590. The second-order valence-corrected chi connectivity index (χ2v) is 17.2. The van der Waals surface area contributed by atoms with E-state index in [0.29, 0.717) is 18.0 Å². The van der Waals surface area contributed by atoms with Crippen LogP contribution in [-0.4, -0.2) is 64.9 Å². The normalized spacial score (nSPS) is 20.3. The average molecular weight is 759 g/mol. The first-order valence-corrected chi connectivity index (χ1v) is 20.9. The van der Waals surface area contributed by atoms with Crippen molar-refractivity contribution in [2.45, 2.75) is 117 Å². The Balaban J connectivity index is 1.37. The van der Waals surface area contributed by atoms with Gasteiger partial charge in [-0.05, 0) is 77.7 Å². The third kappa shape index (κ3) is 9.12. The lowest BCUT2D eigenvalue weighted by molar-refractivity contribution is -0.438. The van der Waals surface area contributed by atoms with E-state index in [1.165, 1.54) is 22.5 Å². The van der Waals surface area contributed by atoms with Crippen LogP contribution in [0.5, 0.6) is 0 Å². The number of anilines is 1. The van der Waals surface area contributed by atoms with Gasteiger partial charge < -0.3 is 9.74 Å². The molecule has 54 heavy (non-hydrogen) atoms. The number of amides is 2. The molecule has 3 aliphatic rings. The third-order valence-electron chi connectivity index (χ3n) is 10.9. The number of hydrogen-bond acceptors (Lipinski definition) is 7. The first-order chi connectivity index (χ1) is 25.6. The Morgan fingerprint density at radius 2 is 1.59 bits per heavy atom. The minimum Gasteiger partial charge on any atom is -0.344 e. The molecule has 10 nitrogen and oxygen atoms in total. The number of benzene rings is 2. The summed E-state index contributed by atoms with van der Waals surface area (Å²) in [7, 11) is -4.12. The van der Waals surface area contributed by atoms with E-state index in [0.717, 1.165) is 61.2 Å². The van der Waals surface area contributed by atoms with E-state index in [1.54, 1.807) is 0 Å². The Hall–Kier alpha value is -4.35. The van der Waals surface area contributed by atoms with Crippen molar-refractivity contribution in [1.82, 2.24) is 5.06 Å². The Labute approximate surface area is 321 Å². The summed E-state index contributed by atoms with van der Waals surface area (Å²) in [5.41, 5.74) is 8.88. The summed E-state index contributed by atoms with van der Waals surface area (Å²) < 4.78 is 35.3. The van der Waals surface area contributed by atoms with Crippen LogP contribution in [0.3, 0.4) is 0 Å². The van der Waals surface area contributed by atoms with E-state index in [-0.39, 0.29) is 36.9 Å². The molecule has 5 rings (SSSR count). The SMILES string of the molecule is CCCC[N+]1=C(/C=C/C=C/C=C2\N(CCCS(=O)(=O)O)c3ccc(C)cc3C2(C)CCCCCC(=O)ON2C(=O)CCC2=O)C(C)(C)c2cc(C)ccc21. The smallest absolute Gasteiger partial charge is 0.333 e. The summed E-state index contributed by atoms with van der Waals surface area (Å²) in [4.78, 5) is 43.3. The molecule has 11 heteroatoms. The number of rotatable bonds is 17. The molecule has 2 aromatic rings. The molecule has 1 fully saturated rings. The van der Waals surface area contributed by atoms with Gasteiger partial charge in [-0.2, -0.15) is 13.0 Å². The first kappa shape index (κ1) is 40.8. The van der Waals surface area contributed by atoms with Crippen LogP contribution in [0.1, 0.15) is 114 Å². The molecule has 1 saturated heterocycles. The molecule has 1 unspecified atom stereocenters. The molecule has 3 heterocycles. The molecule has 0 saturated carbocycles. The molecule has 0 spiro atoms. The van der Waals surface area contributed by atoms with Crippen LogP contribution in [0.2, 0.25) is 0 Å². The maximum absolute atomic E-state index is 12.4. The fraction of sp³-hybridized carbons (Fsp3) is 0.488. The third-order valence-corrected chi connectivity index (χ3v) is 11.8. The highest BCUT2D eigenvalue weighted by molar-refractivity contribution is 7.85. The zero-order valence-corrected chi connectivity index (χ0v) is 33.5. The molecule has 1 N–H and O–H groups in total. The fourth-order valence-corrected chi connectivity index (χ4v) is 8.50. The number of hydrogen-bond donors (Lipinski definition) is 1. The van der Waals surface area contributed by atoms with E-state index in [4.69, 9.17) is 4.84 Å². The molecule has 2 amide bonds. The van der Waals surface area contributed by atoms with E-state index >= 15 is 0 Å². The molecule has 290 valence electrons. The topological polar surface area (TPSA) is 124 Å². The lowest BCUT2D eigenvalue weighted by atomic mass is 9.76. The van der Waals surface area contributed by atoms with Gasteiger partial charge in [0.25, 0.3) is 21.9 Å². The van der Waals surface area contributed by atoms with Gasteiger partial charge in [0.15, 0.2) is 5.71 Å². The van der Waals surface area contributed by atoms with Crippen LogP contribution in [0.15, 0.2) is 72.5 Å². The average Bonchev–Trinajstić information content (AvgIpc) is 3.62. The summed E-state index contributed by atoms with van der Waals surface area (Å²) in [6, 6.07) is 13.1. The highest BCUT2D eigenvalue weighted by Crippen LogP contribution is 2.51. The second-order valence-electron chi connectivity index (χ2n) is 15.6. The number of carbonyl (C=O) groups excluding carboxylic acids is 3. The molecule has 0 aliphatic carbocycles. The predicted molar refractivity (Wildman–Crippen MR) is 212 cm³/mol. The fourth-order valence-electron chi connectivity index (χ4n) is 8.01. The van der Waals surface area contributed by atoms with Crippen LogP contribution >= 0.6 is 0 Å². The zero-order valence-electron chi connectivity index (χ0n) is 32.7. The number of fused-ring (bicyclic) bond motifs is 2. The van der Waals surface area contributed by atoms with Gasteiger partial charge in [-0.25, -0.2) is 4.79 Å². The van der Waals surface area contributed by atoms with Crippen LogP contribution < -0.4 is 4.90 Å². The van der Waals surface area contributed by atoms with E-state index < -0.39 is 33.3 Å². The molecule has 2 aromatic carbocycles. The molecule has 0 aromatic heterocycles. The number of imide groups is 1. The van der Waals surface area contributed by atoms with Crippen molar-refractivity contribution in [3.8, 4) is 0 Å². The molecule has 1 atom stereocenters. The summed E-state index contributed by atoms with van der Waals surface area (Å²) in [5.74, 6) is -1.90. The zero-order chi connectivity index (χ0) is 39.3. The maximum Gasteiger partial charge on any atom is 0.333 e. The number of aryl methyl sites for hydroxylation is 2. The van der Waals surface area contributed by atoms with Crippen molar-refractivity contribution in [3.05, 3.63) is 94.7 Å². The van der Waals surface area contributed by atoms with Gasteiger partial charge in [-0.15, -0.1) is 5.06 Å². The van der Waals surface area contributed by atoms with Crippen molar-refractivity contribution in [2.24, 2.45) is 0 Å². The van der Waals surface area contributed by atoms with Gasteiger partial charge in [0.05, 0.1) is 11.2 Å². The van der Waals surface area contributed by atoms with E-state index in [2.05, 4.69) is 112 Å². The largest absolute Gasteiger partial charge is 0.344 e. The minimum absolute atomic E-state index is 0.0592. The predicted octanol–water partition coefficient (Wildman–Crippen LogP) is 8.09. The minimum atomic E-state index is -4.12. The second kappa shape index (κ2) is 17.0. The van der Waals surface area contributed by atoms with E-state index in [1.807, 2.05) is 6.08 Å². The first-order valence-electron chi connectivity index (χ1n) is 19.3. The van der Waals surface area contributed by atoms with Crippen molar-refractivity contribution >= 4 is 45.0 Å². The number of unbranched alkanes of at least 4 members (excludes halogenated alkanes) is 3. The van der Waals surface area contributed by atoms with Crippen LogP contribution in [0, 0.1) is 13.8 Å². The summed E-state index contributed by atoms with van der Waals surface area (Å²) in [6.07, 6.45) is 16.0. The lowest BCUT2D eigenvalue weighted by Gasteiger charge is -2.30. The summed E-state index contributed by atoms with van der Waals surface area (Å²) >= 11 is 0. The number of carbonyl (C=O) groups is 3. The Morgan fingerprint density at radius 1 is 0.907 bits per heavy atom. The van der Waals surface area contributed by atoms with Crippen LogP contribution in [0.4, 0.5) is 11.4 Å². The van der Waals surface area contributed by atoms with Gasteiger partial charge in [0.1, 0.15) is 6.54 Å². The monoisotopic (exact) mass is 758 g/mol. The number of nitrogens with zero attached hydrogens (tertiary/aromatic N) is 3. The maximum atomic E-state index is 12.4. The van der Waals surface area contributed by atoms with Gasteiger partial charge >= 0.3 is 5.97 Å². The van der Waals surface area contributed by atoms with Crippen molar-refractivity contribution in [2.75, 3.05) is 23.7 Å². The Morgan fingerprint density at radius 3 is 2.28 bits per heavy atom. The highest BCUT2D eigenvalue weighted by Gasteiger charge is 2.45. The van der Waals surface area contributed by atoms with Gasteiger partial charge in [0, 0.05) is 66.7 Å². The molecule has 0 radical (unpaired) electrons. The van der Waals surface area contributed by atoms with Gasteiger partial charge in [-0.1, -0.05) is 73.7 Å². The lowest BCUT2D eigenvalue weighted by Crippen LogP contribution is -2.32. The van der Waals surface area contributed by atoms with Crippen molar-refractivity contribution < 1.29 is 36.8 Å². The summed E-state index contributed by atoms with van der Waals surface area (Å²) in [6.45, 7) is 14.6. The molecular weight excluding hydrogens is 703 g/mol. The van der Waals surface area contributed by atoms with Gasteiger partial charge in [0.2, 0.25) is 5.69 Å². The molecular formula is C43H56N3O7S+. The van der Waals surface area contributed by atoms with E-state index in [9.17, 15) is 27.4 Å². The molecule has 3 aliphatic heterocycles. The van der Waals surface area contributed by atoms with Gasteiger partial charge in [-0.3, -0.25) is 14.1 Å².